The fourth-order valence-corrected chi connectivity index (χ4v) is 1.44. The van der Waals surface area contributed by atoms with E-state index in [1.54, 1.807) is 12.1 Å². The maximum Gasteiger partial charge on any atom is 0.307 e. The number of hydrogen-bond donors (Lipinski definition) is 2. The van der Waals surface area contributed by atoms with Gasteiger partial charge in [-0.15, -0.1) is 0 Å². The SMILES string of the molecule is CC(C)c1cc(O)ccc1CC(=O)O. The third-order valence-corrected chi connectivity index (χ3v) is 2.09. The summed E-state index contributed by atoms with van der Waals surface area (Å²) in [5, 5.41) is 18.0. The quantitative estimate of drug-likeness (QED) is 0.775. The minimum absolute atomic E-state index is 0.00773. The third kappa shape index (κ3) is 2.49. The van der Waals surface area contributed by atoms with Gasteiger partial charge in [-0.05, 0) is 29.2 Å². The summed E-state index contributed by atoms with van der Waals surface area (Å²) in [4.78, 5) is 10.6. The summed E-state index contributed by atoms with van der Waals surface area (Å²) in [6.45, 7) is 3.94. The van der Waals surface area contributed by atoms with Gasteiger partial charge in [-0.2, -0.15) is 0 Å². The van der Waals surface area contributed by atoms with E-state index in [0.29, 0.717) is 0 Å². The predicted octanol–water partition coefficient (Wildman–Crippen LogP) is 2.14. The maximum atomic E-state index is 10.6. The number of aromatic hydroxyl groups is 1. The van der Waals surface area contributed by atoms with Crippen molar-refractivity contribution in [3.8, 4) is 5.75 Å². The van der Waals surface area contributed by atoms with Crippen LogP contribution in [-0.4, -0.2) is 16.2 Å². The highest BCUT2D eigenvalue weighted by molar-refractivity contribution is 5.71. The Morgan fingerprint density at radius 2 is 2.07 bits per heavy atom. The molecule has 0 unspecified atom stereocenters. The average molecular weight is 194 g/mol. The zero-order valence-electron chi connectivity index (χ0n) is 8.32. The van der Waals surface area contributed by atoms with E-state index in [-0.39, 0.29) is 18.1 Å². The molecule has 0 aromatic heterocycles. The van der Waals surface area contributed by atoms with Crippen molar-refractivity contribution < 1.29 is 15.0 Å². The van der Waals surface area contributed by atoms with E-state index in [2.05, 4.69) is 0 Å². The van der Waals surface area contributed by atoms with Crippen molar-refractivity contribution >= 4 is 5.97 Å². The Bertz CT molecular complexity index is 342. The normalized spacial score (nSPS) is 10.5. The highest BCUT2D eigenvalue weighted by Gasteiger charge is 2.10. The van der Waals surface area contributed by atoms with Crippen molar-refractivity contribution in [2.45, 2.75) is 26.2 Å². The van der Waals surface area contributed by atoms with E-state index in [9.17, 15) is 9.90 Å². The van der Waals surface area contributed by atoms with Crippen molar-refractivity contribution in [1.29, 1.82) is 0 Å². The molecular formula is C11H14O3. The number of rotatable bonds is 3. The lowest BCUT2D eigenvalue weighted by atomic mass is 9.95. The minimum atomic E-state index is -0.849. The van der Waals surface area contributed by atoms with Crippen LogP contribution < -0.4 is 0 Å². The van der Waals surface area contributed by atoms with Gasteiger partial charge in [-0.25, -0.2) is 0 Å². The molecule has 0 saturated heterocycles. The minimum Gasteiger partial charge on any atom is -0.508 e. The van der Waals surface area contributed by atoms with E-state index < -0.39 is 5.97 Å². The van der Waals surface area contributed by atoms with Gasteiger partial charge < -0.3 is 10.2 Å². The van der Waals surface area contributed by atoms with Gasteiger partial charge in [0.25, 0.3) is 0 Å². The number of carboxylic acids is 1. The monoisotopic (exact) mass is 194 g/mol. The largest absolute Gasteiger partial charge is 0.508 e. The second kappa shape index (κ2) is 4.13. The van der Waals surface area contributed by atoms with E-state index in [0.717, 1.165) is 11.1 Å². The fraction of sp³-hybridized carbons (Fsp3) is 0.364. The van der Waals surface area contributed by atoms with Gasteiger partial charge in [-0.3, -0.25) is 4.79 Å². The lowest BCUT2D eigenvalue weighted by Crippen LogP contribution is -2.04. The fourth-order valence-electron chi connectivity index (χ4n) is 1.44. The van der Waals surface area contributed by atoms with Crippen molar-refractivity contribution in [2.24, 2.45) is 0 Å². The van der Waals surface area contributed by atoms with Gasteiger partial charge in [0.05, 0.1) is 6.42 Å². The van der Waals surface area contributed by atoms with Gasteiger partial charge in [0.1, 0.15) is 5.75 Å². The van der Waals surface area contributed by atoms with Gasteiger partial charge in [0.2, 0.25) is 0 Å². The molecule has 0 fully saturated rings. The Labute approximate surface area is 83.0 Å². The number of phenolic OH excluding ortho intramolecular Hbond substituents is 1. The molecule has 1 rings (SSSR count). The highest BCUT2D eigenvalue weighted by Crippen LogP contribution is 2.24. The summed E-state index contributed by atoms with van der Waals surface area (Å²) in [6.07, 6.45) is 0.00773. The molecule has 2 N–H and O–H groups in total. The predicted molar refractivity (Wildman–Crippen MR) is 53.5 cm³/mol. The molecule has 0 radical (unpaired) electrons. The summed E-state index contributed by atoms with van der Waals surface area (Å²) in [7, 11) is 0. The van der Waals surface area contributed by atoms with Crippen LogP contribution in [0.1, 0.15) is 30.9 Å². The zero-order valence-corrected chi connectivity index (χ0v) is 8.32. The Hall–Kier alpha value is -1.51. The second-order valence-electron chi connectivity index (χ2n) is 3.61. The number of carbonyl (C=O) groups is 1. The van der Waals surface area contributed by atoms with Crippen LogP contribution in [0.3, 0.4) is 0 Å². The van der Waals surface area contributed by atoms with Crippen molar-refractivity contribution in [3.05, 3.63) is 29.3 Å². The molecular weight excluding hydrogens is 180 g/mol. The summed E-state index contributed by atoms with van der Waals surface area (Å²) < 4.78 is 0. The van der Waals surface area contributed by atoms with Gasteiger partial charge in [-0.1, -0.05) is 19.9 Å². The zero-order chi connectivity index (χ0) is 10.7. The Kier molecular flexibility index (Phi) is 3.12. The molecule has 0 atom stereocenters. The topological polar surface area (TPSA) is 57.5 Å². The van der Waals surface area contributed by atoms with Crippen LogP contribution in [0, 0.1) is 0 Å². The second-order valence-corrected chi connectivity index (χ2v) is 3.61. The summed E-state index contributed by atoms with van der Waals surface area (Å²) >= 11 is 0. The summed E-state index contributed by atoms with van der Waals surface area (Å²) in [5.74, 6) is -0.447. The van der Waals surface area contributed by atoms with Crippen LogP contribution in [0.2, 0.25) is 0 Å². The molecule has 1 aromatic rings. The van der Waals surface area contributed by atoms with Crippen molar-refractivity contribution in [2.75, 3.05) is 0 Å². The maximum absolute atomic E-state index is 10.6. The van der Waals surface area contributed by atoms with Crippen molar-refractivity contribution in [1.82, 2.24) is 0 Å². The molecule has 0 amide bonds. The van der Waals surface area contributed by atoms with E-state index in [1.807, 2.05) is 13.8 Å². The number of benzene rings is 1. The highest BCUT2D eigenvalue weighted by atomic mass is 16.4. The molecule has 0 bridgehead atoms. The molecule has 1 aromatic carbocycles. The Morgan fingerprint density at radius 1 is 1.43 bits per heavy atom. The first-order chi connectivity index (χ1) is 6.50. The average Bonchev–Trinajstić information content (AvgIpc) is 2.07. The van der Waals surface area contributed by atoms with Crippen molar-refractivity contribution in [3.63, 3.8) is 0 Å². The summed E-state index contributed by atoms with van der Waals surface area (Å²) in [5.41, 5.74) is 1.66. The molecule has 3 heteroatoms. The van der Waals surface area contributed by atoms with Crippen LogP contribution in [0.15, 0.2) is 18.2 Å². The molecule has 0 aliphatic carbocycles. The first kappa shape index (κ1) is 10.6. The first-order valence-electron chi connectivity index (χ1n) is 4.54. The van der Waals surface area contributed by atoms with Gasteiger partial charge >= 0.3 is 5.97 Å². The first-order valence-corrected chi connectivity index (χ1v) is 4.54. The van der Waals surface area contributed by atoms with E-state index in [1.165, 1.54) is 6.07 Å². The molecule has 3 nitrogen and oxygen atoms in total. The molecule has 0 aliphatic heterocycles. The molecule has 14 heavy (non-hydrogen) atoms. The molecule has 0 aliphatic rings. The molecule has 76 valence electrons. The van der Waals surface area contributed by atoms with Crippen LogP contribution in [0.4, 0.5) is 0 Å². The smallest absolute Gasteiger partial charge is 0.307 e. The molecule has 0 spiro atoms. The molecule has 0 heterocycles. The van der Waals surface area contributed by atoms with Crippen LogP contribution in [0.5, 0.6) is 5.75 Å². The number of phenols is 1. The van der Waals surface area contributed by atoms with Gasteiger partial charge in [0, 0.05) is 0 Å². The number of hydrogen-bond acceptors (Lipinski definition) is 2. The lowest BCUT2D eigenvalue weighted by Gasteiger charge is -2.11. The third-order valence-electron chi connectivity index (χ3n) is 2.09. The van der Waals surface area contributed by atoms with Crippen LogP contribution in [0.25, 0.3) is 0 Å². The van der Waals surface area contributed by atoms with E-state index in [4.69, 9.17) is 5.11 Å². The molecule has 0 saturated carbocycles. The lowest BCUT2D eigenvalue weighted by molar-refractivity contribution is -0.136. The Morgan fingerprint density at radius 3 is 2.57 bits per heavy atom. The van der Waals surface area contributed by atoms with Gasteiger partial charge in [0.15, 0.2) is 0 Å². The van der Waals surface area contributed by atoms with Crippen LogP contribution >= 0.6 is 0 Å². The standard InChI is InChI=1S/C11H14O3/c1-7(2)10-6-9(12)4-3-8(10)5-11(13)14/h3-4,6-7,12H,5H2,1-2H3,(H,13,14). The van der Waals surface area contributed by atoms with Crippen LogP contribution in [-0.2, 0) is 11.2 Å². The summed E-state index contributed by atoms with van der Waals surface area (Å²) in [6, 6.07) is 4.81. The van der Waals surface area contributed by atoms with E-state index >= 15 is 0 Å². The number of carboxylic acid groups (broad SMARTS) is 1. The Balaban J connectivity index is 3.08. The number of aliphatic carboxylic acids is 1.